The van der Waals surface area contributed by atoms with Gasteiger partial charge in [0, 0.05) is 56.9 Å². The molecule has 0 radical (unpaired) electrons. The normalized spacial score (nSPS) is 11.6. The summed E-state index contributed by atoms with van der Waals surface area (Å²) in [6, 6.07) is 64.5. The molecule has 0 spiro atoms. The number of benzene rings is 7. The lowest BCUT2D eigenvalue weighted by Crippen LogP contribution is -2.01. The van der Waals surface area contributed by atoms with Gasteiger partial charge >= 0.3 is 0 Å². The molecule has 11 aromatic rings. The molecule has 4 aromatic heterocycles. The summed E-state index contributed by atoms with van der Waals surface area (Å²) < 4.78 is 4.55. The minimum Gasteiger partial charge on any atom is -0.309 e. The van der Waals surface area contributed by atoms with Crippen LogP contribution in [0.5, 0.6) is 0 Å². The van der Waals surface area contributed by atoms with Gasteiger partial charge in [-0.05, 0) is 88.5 Å². The van der Waals surface area contributed by atoms with Crippen LogP contribution >= 0.6 is 0 Å². The Morgan fingerprint density at radius 2 is 0.911 bits per heavy atom. The molecule has 0 aliphatic heterocycles. The van der Waals surface area contributed by atoms with Crippen molar-refractivity contribution in [3.8, 4) is 56.3 Å². The number of pyridine rings is 1. The zero-order chi connectivity index (χ0) is 37.0. The fraction of sp³-hybridized carbons (Fsp3) is 0. The molecule has 0 saturated heterocycles. The van der Waals surface area contributed by atoms with E-state index in [1.54, 1.807) is 0 Å². The molecule has 0 aliphatic carbocycles. The number of hydrogen-bond donors (Lipinski definition) is 0. The molecule has 7 aromatic carbocycles. The quantitative estimate of drug-likeness (QED) is 0.172. The lowest BCUT2D eigenvalue weighted by Gasteiger charge is -2.10. The number of aromatic nitrogens is 5. The van der Waals surface area contributed by atoms with Crippen LogP contribution in [0.4, 0.5) is 0 Å². The van der Waals surface area contributed by atoms with Gasteiger partial charge in [-0.1, -0.05) is 121 Å². The van der Waals surface area contributed by atoms with Crippen LogP contribution in [0, 0.1) is 0 Å². The SMILES string of the molecule is c1ccc(-c2cccc(-c3cncc(-c4ccnc(-n5c6ccccc6c6cc(-c7ccc8c9ccccc9n(-c9ccccc9)c8c7)ccc65)n4)c3)c2)cc1. The van der Waals surface area contributed by atoms with Crippen molar-refractivity contribution in [1.82, 2.24) is 24.1 Å². The highest BCUT2D eigenvalue weighted by Crippen LogP contribution is 2.38. The zero-order valence-corrected chi connectivity index (χ0v) is 30.3. The second-order valence-corrected chi connectivity index (χ2v) is 14.2. The molecule has 0 atom stereocenters. The Balaban J connectivity index is 1.01. The van der Waals surface area contributed by atoms with Crippen LogP contribution in [0.25, 0.3) is 99.9 Å². The summed E-state index contributed by atoms with van der Waals surface area (Å²) in [7, 11) is 0. The maximum absolute atomic E-state index is 5.17. The van der Waals surface area contributed by atoms with Crippen molar-refractivity contribution in [2.24, 2.45) is 0 Å². The highest BCUT2D eigenvalue weighted by atomic mass is 15.2. The maximum atomic E-state index is 5.17. The van der Waals surface area contributed by atoms with Gasteiger partial charge in [0.1, 0.15) is 0 Å². The van der Waals surface area contributed by atoms with Gasteiger partial charge < -0.3 is 4.57 Å². The summed E-state index contributed by atoms with van der Waals surface area (Å²) in [4.78, 5) is 14.7. The molecule has 11 rings (SSSR count). The van der Waals surface area contributed by atoms with Crippen LogP contribution in [0.1, 0.15) is 0 Å². The summed E-state index contributed by atoms with van der Waals surface area (Å²) >= 11 is 0. The fourth-order valence-electron chi connectivity index (χ4n) is 8.24. The Morgan fingerprint density at radius 3 is 1.73 bits per heavy atom. The Hall–Kier alpha value is -7.63. The van der Waals surface area contributed by atoms with Crippen LogP contribution in [-0.2, 0) is 0 Å². The second kappa shape index (κ2) is 13.0. The van der Waals surface area contributed by atoms with Gasteiger partial charge in [0.15, 0.2) is 0 Å². The van der Waals surface area contributed by atoms with E-state index >= 15 is 0 Å². The molecule has 0 bridgehead atoms. The van der Waals surface area contributed by atoms with Gasteiger partial charge in [0.05, 0.1) is 27.8 Å². The molecule has 0 unspecified atom stereocenters. The third kappa shape index (κ3) is 5.29. The average molecular weight is 716 g/mol. The average Bonchev–Trinajstić information content (AvgIpc) is 3.79. The molecule has 0 fully saturated rings. The van der Waals surface area contributed by atoms with E-state index in [1.807, 2.05) is 30.7 Å². The van der Waals surface area contributed by atoms with Crippen molar-refractivity contribution in [2.45, 2.75) is 0 Å². The van der Waals surface area contributed by atoms with Gasteiger partial charge in [-0.15, -0.1) is 0 Å². The molecular weight excluding hydrogens is 683 g/mol. The predicted molar refractivity (Wildman–Crippen MR) is 230 cm³/mol. The largest absolute Gasteiger partial charge is 0.309 e. The Labute approximate surface area is 323 Å². The summed E-state index contributed by atoms with van der Waals surface area (Å²) in [5, 5.41) is 4.79. The molecule has 56 heavy (non-hydrogen) atoms. The molecule has 0 saturated carbocycles. The van der Waals surface area contributed by atoms with E-state index in [9.17, 15) is 0 Å². The van der Waals surface area contributed by atoms with Crippen molar-refractivity contribution >= 4 is 43.6 Å². The Kier molecular flexibility index (Phi) is 7.42. The van der Waals surface area contributed by atoms with Crippen LogP contribution in [0.15, 0.2) is 201 Å². The summed E-state index contributed by atoms with van der Waals surface area (Å²) in [6.07, 6.45) is 5.64. The maximum Gasteiger partial charge on any atom is 0.235 e. The smallest absolute Gasteiger partial charge is 0.235 e. The van der Waals surface area contributed by atoms with Crippen molar-refractivity contribution < 1.29 is 0 Å². The number of fused-ring (bicyclic) bond motifs is 6. The first-order chi connectivity index (χ1) is 27.8. The van der Waals surface area contributed by atoms with Crippen LogP contribution in [0.2, 0.25) is 0 Å². The topological polar surface area (TPSA) is 48.5 Å². The first-order valence-electron chi connectivity index (χ1n) is 18.8. The number of nitrogens with zero attached hydrogens (tertiary/aromatic N) is 5. The molecule has 0 aliphatic rings. The monoisotopic (exact) mass is 715 g/mol. The van der Waals surface area contributed by atoms with Gasteiger partial charge in [-0.3, -0.25) is 9.55 Å². The fourth-order valence-corrected chi connectivity index (χ4v) is 8.24. The van der Waals surface area contributed by atoms with E-state index < -0.39 is 0 Å². The summed E-state index contributed by atoms with van der Waals surface area (Å²) in [5.41, 5.74) is 14.2. The zero-order valence-electron chi connectivity index (χ0n) is 30.3. The molecular formula is C51H33N5. The predicted octanol–water partition coefficient (Wildman–Crippen LogP) is 12.7. The second-order valence-electron chi connectivity index (χ2n) is 14.2. The van der Waals surface area contributed by atoms with E-state index in [-0.39, 0.29) is 0 Å². The van der Waals surface area contributed by atoms with Crippen molar-refractivity contribution in [3.63, 3.8) is 0 Å². The number of hydrogen-bond acceptors (Lipinski definition) is 3. The molecule has 0 N–H and O–H groups in total. The van der Waals surface area contributed by atoms with Gasteiger partial charge in [0.25, 0.3) is 0 Å². The van der Waals surface area contributed by atoms with E-state index in [0.717, 1.165) is 61.0 Å². The van der Waals surface area contributed by atoms with Crippen LogP contribution < -0.4 is 0 Å². The van der Waals surface area contributed by atoms with E-state index in [0.29, 0.717) is 5.95 Å². The van der Waals surface area contributed by atoms with Crippen LogP contribution in [-0.4, -0.2) is 24.1 Å². The standard InChI is InChI=1S/C51H33N5/c1-3-12-34(13-4-1)35-14-11-15-36(28-35)39-29-40(33-52-32-39)46-26-27-53-51(54-46)56-48-21-10-8-19-43(48)45-30-37(23-25-49(45)56)38-22-24-44-42-18-7-9-20-47(42)55(50(44)31-38)41-16-5-2-6-17-41/h1-33H. The molecule has 0 amide bonds. The Bertz CT molecular complexity index is 3250. The van der Waals surface area contributed by atoms with Crippen molar-refractivity contribution in [3.05, 3.63) is 201 Å². The van der Waals surface area contributed by atoms with E-state index in [2.05, 4.69) is 184 Å². The first-order valence-corrected chi connectivity index (χ1v) is 18.8. The minimum atomic E-state index is 0.617. The third-order valence-corrected chi connectivity index (χ3v) is 10.9. The van der Waals surface area contributed by atoms with Gasteiger partial charge in [-0.25, -0.2) is 9.97 Å². The summed E-state index contributed by atoms with van der Waals surface area (Å²) in [5.74, 6) is 0.617. The van der Waals surface area contributed by atoms with E-state index in [4.69, 9.17) is 9.97 Å². The molecule has 5 heteroatoms. The van der Waals surface area contributed by atoms with Crippen LogP contribution in [0.3, 0.4) is 0 Å². The molecule has 4 heterocycles. The van der Waals surface area contributed by atoms with Gasteiger partial charge in [-0.2, -0.15) is 0 Å². The van der Waals surface area contributed by atoms with Crippen molar-refractivity contribution in [1.29, 1.82) is 0 Å². The molecule has 5 nitrogen and oxygen atoms in total. The lowest BCUT2D eigenvalue weighted by molar-refractivity contribution is 0.991. The number of rotatable bonds is 6. The highest BCUT2D eigenvalue weighted by Gasteiger charge is 2.18. The lowest BCUT2D eigenvalue weighted by atomic mass is 9.99. The van der Waals surface area contributed by atoms with Gasteiger partial charge in [0.2, 0.25) is 5.95 Å². The molecule has 262 valence electrons. The van der Waals surface area contributed by atoms with Crippen molar-refractivity contribution in [2.75, 3.05) is 0 Å². The number of para-hydroxylation sites is 3. The highest BCUT2D eigenvalue weighted by molar-refractivity contribution is 6.12. The first kappa shape index (κ1) is 31.9. The summed E-state index contributed by atoms with van der Waals surface area (Å²) in [6.45, 7) is 0. The minimum absolute atomic E-state index is 0.617. The third-order valence-electron chi connectivity index (χ3n) is 10.9. The van der Waals surface area contributed by atoms with E-state index in [1.165, 1.54) is 32.9 Å². The Morgan fingerprint density at radius 1 is 0.339 bits per heavy atom.